The largest absolute Gasteiger partial charge is 0.497 e. The van der Waals surface area contributed by atoms with Crippen molar-refractivity contribution in [3.8, 4) is 5.75 Å². The van der Waals surface area contributed by atoms with Crippen LogP contribution in [0, 0.1) is 0 Å². The van der Waals surface area contributed by atoms with Crippen LogP contribution in [0.5, 0.6) is 5.75 Å². The number of carbonyl (C=O) groups is 2. The van der Waals surface area contributed by atoms with Crippen molar-refractivity contribution in [3.05, 3.63) is 54.4 Å². The van der Waals surface area contributed by atoms with E-state index in [0.717, 1.165) is 5.75 Å². The Morgan fingerprint density at radius 2 is 2.00 bits per heavy atom. The van der Waals surface area contributed by atoms with Crippen LogP contribution >= 0.6 is 0 Å². The van der Waals surface area contributed by atoms with E-state index in [1.807, 2.05) is 0 Å². The van der Waals surface area contributed by atoms with Gasteiger partial charge in [-0.2, -0.15) is 0 Å². The molecule has 2 aromatic rings. The molecule has 0 radical (unpaired) electrons. The zero-order chi connectivity index (χ0) is 17.6. The summed E-state index contributed by atoms with van der Waals surface area (Å²) in [5.41, 5.74) is 1.10. The number of rotatable bonds is 4. The number of likely N-dealkylation sites (tertiary alicyclic amines) is 1. The van der Waals surface area contributed by atoms with Gasteiger partial charge in [-0.15, -0.1) is 0 Å². The molecule has 7 heteroatoms. The molecule has 1 aliphatic heterocycles. The van der Waals surface area contributed by atoms with Gasteiger partial charge in [0.25, 0.3) is 5.91 Å². The lowest BCUT2D eigenvalue weighted by Gasteiger charge is -2.17. The Hall–Kier alpha value is -3.09. The first kappa shape index (κ1) is 16.8. The van der Waals surface area contributed by atoms with Crippen molar-refractivity contribution in [1.29, 1.82) is 0 Å². The van der Waals surface area contributed by atoms with Crippen molar-refractivity contribution in [2.75, 3.05) is 25.5 Å². The van der Waals surface area contributed by atoms with Gasteiger partial charge in [0.15, 0.2) is 0 Å². The van der Waals surface area contributed by atoms with E-state index in [2.05, 4.69) is 15.6 Å². The number of pyridine rings is 1. The second kappa shape index (κ2) is 7.65. The van der Waals surface area contributed by atoms with E-state index in [1.54, 1.807) is 60.7 Å². The van der Waals surface area contributed by atoms with Crippen LogP contribution in [0.25, 0.3) is 0 Å². The maximum absolute atomic E-state index is 12.4. The molecule has 0 unspecified atom stereocenters. The number of nitrogens with zero attached hydrogens (tertiary/aromatic N) is 2. The molecule has 0 aliphatic carbocycles. The van der Waals surface area contributed by atoms with E-state index in [4.69, 9.17) is 4.74 Å². The lowest BCUT2D eigenvalue weighted by Crippen LogP contribution is -2.40. The molecule has 0 bridgehead atoms. The van der Waals surface area contributed by atoms with Gasteiger partial charge >= 0.3 is 6.03 Å². The maximum atomic E-state index is 12.4. The summed E-state index contributed by atoms with van der Waals surface area (Å²) in [4.78, 5) is 30.2. The predicted octanol–water partition coefficient (Wildman–Crippen LogP) is 2.13. The first-order valence-corrected chi connectivity index (χ1v) is 8.07. The SMILES string of the molecule is COc1ccc(NC(=O)N[C@H]2CCN(C(=O)c3ccccn3)C2)cc1. The standard InChI is InChI=1S/C18H20N4O3/c1-25-15-7-5-13(6-8-15)20-18(24)21-14-9-11-22(12-14)17(23)16-4-2-3-10-19-16/h2-8,10,14H,9,11-12H2,1H3,(H2,20,21,24)/t14-/m0/s1. The molecule has 0 saturated carbocycles. The third kappa shape index (κ3) is 4.26. The summed E-state index contributed by atoms with van der Waals surface area (Å²) in [5, 5.41) is 5.67. The fourth-order valence-corrected chi connectivity index (χ4v) is 2.74. The summed E-state index contributed by atoms with van der Waals surface area (Å²) < 4.78 is 5.08. The number of anilines is 1. The van der Waals surface area contributed by atoms with Gasteiger partial charge in [-0.3, -0.25) is 9.78 Å². The van der Waals surface area contributed by atoms with Gasteiger partial charge in [0, 0.05) is 31.0 Å². The molecule has 3 rings (SSSR count). The highest BCUT2D eigenvalue weighted by molar-refractivity contribution is 5.93. The smallest absolute Gasteiger partial charge is 0.319 e. The monoisotopic (exact) mass is 340 g/mol. The van der Waals surface area contributed by atoms with Gasteiger partial charge in [-0.1, -0.05) is 6.07 Å². The molecule has 0 spiro atoms. The number of amides is 3. The second-order valence-corrected chi connectivity index (χ2v) is 5.78. The average Bonchev–Trinajstić information content (AvgIpc) is 3.10. The van der Waals surface area contributed by atoms with Gasteiger partial charge in [-0.05, 0) is 42.8 Å². The van der Waals surface area contributed by atoms with Gasteiger partial charge in [0.05, 0.1) is 7.11 Å². The van der Waals surface area contributed by atoms with E-state index < -0.39 is 0 Å². The van der Waals surface area contributed by atoms with Crippen LogP contribution < -0.4 is 15.4 Å². The Bertz CT molecular complexity index is 734. The summed E-state index contributed by atoms with van der Waals surface area (Å²) in [6.45, 7) is 1.08. The van der Waals surface area contributed by atoms with Crippen LogP contribution in [0.15, 0.2) is 48.7 Å². The Balaban J connectivity index is 1.50. The van der Waals surface area contributed by atoms with Crippen LogP contribution in [0.2, 0.25) is 0 Å². The molecule has 7 nitrogen and oxygen atoms in total. The van der Waals surface area contributed by atoms with Crippen molar-refractivity contribution in [3.63, 3.8) is 0 Å². The minimum atomic E-state index is -0.290. The number of ether oxygens (including phenoxy) is 1. The number of methoxy groups -OCH3 is 1. The summed E-state index contributed by atoms with van der Waals surface area (Å²) in [7, 11) is 1.59. The zero-order valence-electron chi connectivity index (χ0n) is 13.9. The molecular weight excluding hydrogens is 320 g/mol. The van der Waals surface area contributed by atoms with E-state index in [-0.39, 0.29) is 18.0 Å². The molecule has 1 saturated heterocycles. The Kier molecular flexibility index (Phi) is 5.13. The highest BCUT2D eigenvalue weighted by Gasteiger charge is 2.28. The van der Waals surface area contributed by atoms with Gasteiger partial charge in [0.2, 0.25) is 0 Å². The number of urea groups is 1. The van der Waals surface area contributed by atoms with Crippen molar-refractivity contribution in [2.45, 2.75) is 12.5 Å². The summed E-state index contributed by atoms with van der Waals surface area (Å²) in [5.74, 6) is 0.617. The third-order valence-corrected chi connectivity index (χ3v) is 4.04. The summed E-state index contributed by atoms with van der Waals surface area (Å²) in [6, 6.07) is 12.0. The highest BCUT2D eigenvalue weighted by Crippen LogP contribution is 2.16. The Labute approximate surface area is 146 Å². The second-order valence-electron chi connectivity index (χ2n) is 5.78. The van der Waals surface area contributed by atoms with Gasteiger partial charge in [0.1, 0.15) is 11.4 Å². The number of hydrogen-bond donors (Lipinski definition) is 2. The summed E-state index contributed by atoms with van der Waals surface area (Å²) in [6.07, 6.45) is 2.32. The fraction of sp³-hybridized carbons (Fsp3) is 0.278. The minimum absolute atomic E-state index is 0.0779. The number of hydrogen-bond acceptors (Lipinski definition) is 4. The Morgan fingerprint density at radius 3 is 2.68 bits per heavy atom. The van der Waals surface area contributed by atoms with Gasteiger partial charge in [-0.25, -0.2) is 4.79 Å². The number of nitrogens with one attached hydrogen (secondary N) is 2. The molecule has 2 heterocycles. The molecular formula is C18H20N4O3. The van der Waals surface area contributed by atoms with Crippen molar-refractivity contribution >= 4 is 17.6 Å². The summed E-state index contributed by atoms with van der Waals surface area (Å²) >= 11 is 0. The maximum Gasteiger partial charge on any atom is 0.319 e. The molecule has 1 aromatic heterocycles. The topological polar surface area (TPSA) is 83.6 Å². The first-order valence-electron chi connectivity index (χ1n) is 8.07. The molecule has 1 aliphatic rings. The Morgan fingerprint density at radius 1 is 1.20 bits per heavy atom. The van der Waals surface area contributed by atoms with Crippen LogP contribution in [0.4, 0.5) is 10.5 Å². The zero-order valence-corrected chi connectivity index (χ0v) is 13.9. The minimum Gasteiger partial charge on any atom is -0.497 e. The molecule has 25 heavy (non-hydrogen) atoms. The van der Waals surface area contributed by atoms with E-state index in [1.165, 1.54) is 0 Å². The quantitative estimate of drug-likeness (QED) is 0.893. The van der Waals surface area contributed by atoms with Crippen molar-refractivity contribution in [2.24, 2.45) is 0 Å². The molecule has 130 valence electrons. The molecule has 1 atom stereocenters. The van der Waals surface area contributed by atoms with E-state index in [9.17, 15) is 9.59 Å². The number of aromatic nitrogens is 1. The van der Waals surface area contributed by atoms with E-state index >= 15 is 0 Å². The average molecular weight is 340 g/mol. The van der Waals surface area contributed by atoms with Gasteiger partial charge < -0.3 is 20.3 Å². The lowest BCUT2D eigenvalue weighted by molar-refractivity contribution is 0.0783. The van der Waals surface area contributed by atoms with Crippen LogP contribution in [0.1, 0.15) is 16.9 Å². The highest BCUT2D eigenvalue weighted by atomic mass is 16.5. The first-order chi connectivity index (χ1) is 12.2. The van der Waals surface area contributed by atoms with Crippen LogP contribution in [0.3, 0.4) is 0 Å². The molecule has 2 N–H and O–H groups in total. The molecule has 1 fully saturated rings. The van der Waals surface area contributed by atoms with Crippen molar-refractivity contribution in [1.82, 2.24) is 15.2 Å². The molecule has 3 amide bonds. The lowest BCUT2D eigenvalue weighted by atomic mass is 10.2. The predicted molar refractivity (Wildman–Crippen MR) is 93.7 cm³/mol. The number of benzene rings is 1. The van der Waals surface area contributed by atoms with Crippen LogP contribution in [-0.4, -0.2) is 48.1 Å². The van der Waals surface area contributed by atoms with Crippen molar-refractivity contribution < 1.29 is 14.3 Å². The number of carbonyl (C=O) groups excluding carboxylic acids is 2. The normalized spacial score (nSPS) is 16.4. The van der Waals surface area contributed by atoms with Crippen LogP contribution in [-0.2, 0) is 0 Å². The van der Waals surface area contributed by atoms with E-state index in [0.29, 0.717) is 30.9 Å². The molecule has 1 aromatic carbocycles. The third-order valence-electron chi connectivity index (χ3n) is 4.04. The fourth-order valence-electron chi connectivity index (χ4n) is 2.74.